The zero-order chi connectivity index (χ0) is 33.4. The van der Waals surface area contributed by atoms with Crippen LogP contribution in [0.5, 0.6) is 29.0 Å². The van der Waals surface area contributed by atoms with Gasteiger partial charge in [0.1, 0.15) is 33.7 Å². The van der Waals surface area contributed by atoms with Crippen LogP contribution in [0.4, 0.5) is 5.82 Å². The van der Waals surface area contributed by atoms with Crippen molar-refractivity contribution in [2.24, 2.45) is 20.0 Å². The van der Waals surface area contributed by atoms with Crippen molar-refractivity contribution < 1.29 is 28.5 Å². The predicted octanol–water partition coefficient (Wildman–Crippen LogP) is 3.77. The van der Waals surface area contributed by atoms with Gasteiger partial charge in [0.2, 0.25) is 17.2 Å². The smallest absolute Gasteiger partial charge is 0.332 e. The molecule has 4 heterocycles. The Hall–Kier alpha value is -5.43. The van der Waals surface area contributed by atoms with Gasteiger partial charge >= 0.3 is 11.7 Å². The van der Waals surface area contributed by atoms with Crippen LogP contribution in [0, 0.1) is 5.92 Å². The number of aromatic nitrogens is 4. The summed E-state index contributed by atoms with van der Waals surface area (Å²) in [4.78, 5) is 64.7. The van der Waals surface area contributed by atoms with Gasteiger partial charge in [0, 0.05) is 55.7 Å². The fourth-order valence-corrected chi connectivity index (χ4v) is 6.99. The van der Waals surface area contributed by atoms with E-state index in [4.69, 9.17) is 30.5 Å². The van der Waals surface area contributed by atoms with Crippen LogP contribution < -0.4 is 35.5 Å². The summed E-state index contributed by atoms with van der Waals surface area (Å²) in [5.74, 6) is -2.09. The number of Topliss-reactive ketones (excluding diaryl/α,β-unsaturated/α-hetero) is 2. The summed E-state index contributed by atoms with van der Waals surface area (Å²) in [7, 11) is 5.71. The highest BCUT2D eigenvalue weighted by molar-refractivity contribution is 6.36. The Morgan fingerprint density at radius 2 is 1.70 bits per heavy atom. The van der Waals surface area contributed by atoms with Crippen molar-refractivity contribution in [2.75, 3.05) is 19.5 Å². The molecule has 240 valence electrons. The first kappa shape index (κ1) is 30.2. The molecule has 2 aromatic carbocycles. The van der Waals surface area contributed by atoms with Gasteiger partial charge in [0.25, 0.3) is 5.56 Å². The molecule has 0 fully saturated rings. The summed E-state index contributed by atoms with van der Waals surface area (Å²) in [6, 6.07) is 10.0. The number of fused-ring (bicyclic) bond motifs is 2. The molecule has 47 heavy (non-hydrogen) atoms. The normalized spacial score (nSPS) is 21.1. The minimum atomic E-state index is -2.03. The van der Waals surface area contributed by atoms with Crippen molar-refractivity contribution in [1.82, 2.24) is 19.1 Å². The number of benzene rings is 2. The number of rotatable bonds is 5. The van der Waals surface area contributed by atoms with Crippen molar-refractivity contribution in [3.8, 4) is 29.0 Å². The Bertz CT molecular complexity index is 2180. The van der Waals surface area contributed by atoms with E-state index >= 15 is 4.79 Å². The molecule has 1 unspecified atom stereocenters. The van der Waals surface area contributed by atoms with E-state index in [0.717, 1.165) is 4.57 Å². The van der Waals surface area contributed by atoms with E-state index in [9.17, 15) is 14.4 Å². The quantitative estimate of drug-likeness (QED) is 0.312. The van der Waals surface area contributed by atoms with E-state index in [1.165, 1.54) is 44.3 Å². The fraction of sp³-hybridized carbons (Fsp3) is 0.273. The maximum absolute atomic E-state index is 15.1. The number of carbonyl (C=O) groups excluding carboxylic acids is 2. The summed E-state index contributed by atoms with van der Waals surface area (Å²) in [6.07, 6.45) is 3.22. The number of nitrogens with one attached hydrogen (secondary N) is 1. The van der Waals surface area contributed by atoms with Gasteiger partial charge in [-0.25, -0.2) is 14.8 Å². The molecule has 1 spiro atoms. The molecule has 14 heteroatoms. The van der Waals surface area contributed by atoms with Gasteiger partial charge in [-0.3, -0.25) is 23.5 Å². The van der Waals surface area contributed by atoms with E-state index in [-0.39, 0.29) is 57.2 Å². The second-order valence-electron chi connectivity index (χ2n) is 11.5. The molecular weight excluding hydrogens is 630 g/mol. The largest absolute Gasteiger partial charge is 0.496 e. The summed E-state index contributed by atoms with van der Waals surface area (Å²) < 4.78 is 25.5. The molecule has 0 bridgehead atoms. The molecule has 0 saturated heterocycles. The maximum Gasteiger partial charge on any atom is 0.332 e. The summed E-state index contributed by atoms with van der Waals surface area (Å²) in [6.45, 7) is 1.73. The van der Waals surface area contributed by atoms with Crippen molar-refractivity contribution >= 4 is 29.0 Å². The molecule has 1 aliphatic carbocycles. The Kier molecular flexibility index (Phi) is 6.97. The third kappa shape index (κ3) is 4.22. The maximum atomic E-state index is 15.1. The van der Waals surface area contributed by atoms with Crippen LogP contribution in [0.2, 0.25) is 5.02 Å². The minimum absolute atomic E-state index is 0.0191. The molecule has 3 atom stereocenters. The summed E-state index contributed by atoms with van der Waals surface area (Å²) >= 11 is 6.64. The zero-order valence-corrected chi connectivity index (χ0v) is 26.7. The van der Waals surface area contributed by atoms with Crippen LogP contribution in [0.3, 0.4) is 0 Å². The molecule has 0 saturated carbocycles. The van der Waals surface area contributed by atoms with Gasteiger partial charge in [-0.1, -0.05) is 30.7 Å². The fourth-order valence-electron chi connectivity index (χ4n) is 6.72. The Morgan fingerprint density at radius 1 is 0.979 bits per heavy atom. The Labute approximate surface area is 272 Å². The van der Waals surface area contributed by atoms with Crippen LogP contribution >= 0.6 is 11.6 Å². The predicted molar refractivity (Wildman–Crippen MR) is 169 cm³/mol. The molecular formula is C33H28ClN5O8. The molecule has 0 radical (unpaired) electrons. The number of allylic oxidation sites excluding steroid dienone is 1. The molecule has 4 aromatic rings. The highest BCUT2D eigenvalue weighted by atomic mass is 35.5. The van der Waals surface area contributed by atoms with E-state index in [1.807, 2.05) is 0 Å². The SMILES string of the molecule is COc1cc(OC)c2c(c1Cl)O[C@@]1(C(=O)C3=C(C[C@H]1C)Nc1c(c(=O)n(C)c(=O)n1C)C3c1cccc(Oc3ncccn3)c1)C2=O. The van der Waals surface area contributed by atoms with Gasteiger partial charge in [0.05, 0.1) is 19.8 Å². The third-order valence-electron chi connectivity index (χ3n) is 9.02. The number of ether oxygens (including phenoxy) is 4. The second kappa shape index (κ2) is 10.8. The lowest BCUT2D eigenvalue weighted by atomic mass is 9.66. The zero-order valence-electron chi connectivity index (χ0n) is 25.9. The Morgan fingerprint density at radius 3 is 2.40 bits per heavy atom. The number of methoxy groups -OCH3 is 2. The highest BCUT2D eigenvalue weighted by Crippen LogP contribution is 2.56. The van der Waals surface area contributed by atoms with Gasteiger partial charge < -0.3 is 24.3 Å². The van der Waals surface area contributed by atoms with Crippen LogP contribution in [-0.2, 0) is 18.9 Å². The number of hydrogen-bond acceptors (Lipinski definition) is 11. The van der Waals surface area contributed by atoms with Gasteiger partial charge in [-0.15, -0.1) is 0 Å². The highest BCUT2D eigenvalue weighted by Gasteiger charge is 2.63. The van der Waals surface area contributed by atoms with Crippen molar-refractivity contribution in [2.45, 2.75) is 24.9 Å². The molecule has 1 N–H and O–H groups in total. The van der Waals surface area contributed by atoms with Crippen molar-refractivity contribution in [3.63, 3.8) is 0 Å². The molecule has 7 rings (SSSR count). The van der Waals surface area contributed by atoms with E-state index in [2.05, 4.69) is 15.3 Å². The number of anilines is 1. The lowest BCUT2D eigenvalue weighted by Crippen LogP contribution is -2.58. The van der Waals surface area contributed by atoms with Crippen LogP contribution in [0.25, 0.3) is 0 Å². The van der Waals surface area contributed by atoms with Gasteiger partial charge in [-0.05, 0) is 30.2 Å². The van der Waals surface area contributed by atoms with Crippen LogP contribution in [0.15, 0.2) is 69.7 Å². The van der Waals surface area contributed by atoms with E-state index in [0.29, 0.717) is 17.0 Å². The monoisotopic (exact) mass is 657 g/mol. The number of ketones is 2. The first-order valence-electron chi connectivity index (χ1n) is 14.6. The van der Waals surface area contributed by atoms with Gasteiger partial charge in [0.15, 0.2) is 5.75 Å². The van der Waals surface area contributed by atoms with Crippen LogP contribution in [-0.4, -0.2) is 50.5 Å². The first-order chi connectivity index (χ1) is 22.5. The topological polar surface area (TPSA) is 153 Å². The average molecular weight is 658 g/mol. The molecule has 13 nitrogen and oxygen atoms in total. The number of carbonyl (C=O) groups is 2. The van der Waals surface area contributed by atoms with Crippen molar-refractivity contribution in [3.05, 3.63) is 103 Å². The number of halogens is 1. The third-order valence-corrected chi connectivity index (χ3v) is 9.38. The molecule has 0 amide bonds. The van der Waals surface area contributed by atoms with Crippen molar-refractivity contribution in [1.29, 1.82) is 0 Å². The van der Waals surface area contributed by atoms with Crippen LogP contribution in [0.1, 0.15) is 40.7 Å². The first-order valence-corrected chi connectivity index (χ1v) is 15.0. The second-order valence-corrected chi connectivity index (χ2v) is 11.9. The molecule has 2 aromatic heterocycles. The van der Waals surface area contributed by atoms with Gasteiger partial charge in [-0.2, -0.15) is 0 Å². The average Bonchev–Trinajstić information content (AvgIpc) is 3.39. The standard InChI is InChI=1S/C33H28ClN5O8/c1-15-12-18-22(27(40)33(15)28(41)23-19(44-4)14-20(45-5)25(34)26(23)47-33)21(24-29(37-18)38(2)32(43)39(3)30(24)42)16-8-6-9-17(13-16)46-31-35-10-7-11-36-31/h6-11,13-15,21,37H,12H2,1-5H3/t15-,21?,33+/m1/s1. The Balaban J connectivity index is 1.44. The lowest BCUT2D eigenvalue weighted by molar-refractivity contribution is -0.130. The van der Waals surface area contributed by atoms with E-state index in [1.54, 1.807) is 44.3 Å². The molecule has 2 aliphatic heterocycles. The lowest BCUT2D eigenvalue weighted by Gasteiger charge is -2.42. The number of hydrogen-bond donors (Lipinski definition) is 1. The summed E-state index contributed by atoms with van der Waals surface area (Å²) in [5, 5.41) is 3.23. The minimum Gasteiger partial charge on any atom is -0.496 e. The molecule has 3 aliphatic rings. The number of nitrogens with zero attached hydrogens (tertiary/aromatic N) is 4. The summed E-state index contributed by atoms with van der Waals surface area (Å²) in [5.41, 5.74) is -1.93. The van der Waals surface area contributed by atoms with E-state index < -0.39 is 40.3 Å².